The Morgan fingerprint density at radius 3 is 2.72 bits per heavy atom. The summed E-state index contributed by atoms with van der Waals surface area (Å²) in [5.74, 6) is 0.773. The molecule has 0 spiro atoms. The minimum atomic E-state index is -4.34. The van der Waals surface area contributed by atoms with E-state index in [1.165, 1.54) is 12.1 Å². The number of para-hydroxylation sites is 2. The van der Waals surface area contributed by atoms with Crippen LogP contribution in [0.1, 0.15) is 30.4 Å². The van der Waals surface area contributed by atoms with Crippen LogP contribution >= 0.6 is 0 Å². The molecule has 1 saturated heterocycles. The zero-order valence-corrected chi connectivity index (χ0v) is 17.6. The zero-order valence-electron chi connectivity index (χ0n) is 17.6. The van der Waals surface area contributed by atoms with Gasteiger partial charge in [0.1, 0.15) is 12.1 Å². The molecule has 168 valence electrons. The second-order valence-electron chi connectivity index (χ2n) is 8.35. The topological polar surface area (TPSA) is 58.1 Å². The number of nitrogens with one attached hydrogen (secondary N) is 1. The summed E-state index contributed by atoms with van der Waals surface area (Å²) in [5.41, 5.74) is 1.17. The highest BCUT2D eigenvalue weighted by Gasteiger charge is 2.38. The van der Waals surface area contributed by atoms with Gasteiger partial charge in [0.15, 0.2) is 0 Å². The monoisotopic (exact) mass is 442 g/mol. The second-order valence-corrected chi connectivity index (χ2v) is 8.35. The van der Waals surface area contributed by atoms with E-state index in [-0.39, 0.29) is 0 Å². The lowest BCUT2D eigenvalue weighted by Gasteiger charge is -2.23. The van der Waals surface area contributed by atoms with Crippen LogP contribution in [0.2, 0.25) is 0 Å². The Labute approximate surface area is 184 Å². The number of hydrogen-bond acceptors (Lipinski definition) is 5. The van der Waals surface area contributed by atoms with Gasteiger partial charge in [0.2, 0.25) is 0 Å². The predicted octanol–water partition coefficient (Wildman–Crippen LogP) is 4.61. The van der Waals surface area contributed by atoms with Gasteiger partial charge in [-0.05, 0) is 49.6 Å². The normalized spacial score (nSPS) is 18.9. The number of aldehydes is 1. The maximum atomic E-state index is 12.8. The van der Waals surface area contributed by atoms with E-state index in [0.717, 1.165) is 48.6 Å². The third-order valence-corrected chi connectivity index (χ3v) is 6.01. The molecule has 0 radical (unpaired) electrons. The zero-order chi connectivity index (χ0) is 22.6. The van der Waals surface area contributed by atoms with Crippen molar-refractivity contribution < 1.29 is 18.0 Å². The van der Waals surface area contributed by atoms with Crippen LogP contribution in [0.5, 0.6) is 0 Å². The minimum absolute atomic E-state index is 0.358. The minimum Gasteiger partial charge on any atom is -0.354 e. The Morgan fingerprint density at radius 2 is 1.94 bits per heavy atom. The van der Waals surface area contributed by atoms with Gasteiger partial charge in [-0.3, -0.25) is 4.98 Å². The number of carbonyl (C=O) groups is 1. The van der Waals surface area contributed by atoms with Gasteiger partial charge in [0.25, 0.3) is 0 Å². The summed E-state index contributed by atoms with van der Waals surface area (Å²) in [6, 6.07) is 13.0. The number of fused-ring (bicyclic) bond motifs is 1. The molecule has 1 aliphatic rings. The summed E-state index contributed by atoms with van der Waals surface area (Å²) in [5, 5.41) is 3.19. The van der Waals surface area contributed by atoms with Gasteiger partial charge in [-0.2, -0.15) is 13.2 Å². The highest BCUT2D eigenvalue weighted by molar-refractivity contribution is 5.75. The van der Waals surface area contributed by atoms with Gasteiger partial charge >= 0.3 is 6.18 Å². The van der Waals surface area contributed by atoms with Gasteiger partial charge in [0, 0.05) is 25.0 Å². The number of nitrogens with zero attached hydrogens (tertiary/aromatic N) is 3. The van der Waals surface area contributed by atoms with Crippen molar-refractivity contribution in [3.63, 3.8) is 0 Å². The Hall–Kier alpha value is -3.00. The number of hydrogen-bond donors (Lipinski definition) is 1. The number of rotatable bonds is 8. The van der Waals surface area contributed by atoms with Crippen molar-refractivity contribution in [3.05, 3.63) is 65.9 Å². The fourth-order valence-corrected chi connectivity index (χ4v) is 4.21. The van der Waals surface area contributed by atoms with Crippen LogP contribution < -0.4 is 10.2 Å². The molecule has 0 aliphatic carbocycles. The van der Waals surface area contributed by atoms with Crippen LogP contribution in [-0.2, 0) is 17.5 Å². The Morgan fingerprint density at radius 1 is 1.12 bits per heavy atom. The maximum absolute atomic E-state index is 12.8. The van der Waals surface area contributed by atoms with Crippen molar-refractivity contribution in [2.24, 2.45) is 5.41 Å². The number of halogens is 3. The molecule has 1 aliphatic heterocycles. The molecule has 8 heteroatoms. The Kier molecular flexibility index (Phi) is 6.41. The molecule has 5 nitrogen and oxygen atoms in total. The maximum Gasteiger partial charge on any atom is 0.416 e. The predicted molar refractivity (Wildman–Crippen MR) is 117 cm³/mol. The van der Waals surface area contributed by atoms with E-state index in [1.54, 1.807) is 12.3 Å². The molecule has 3 aromatic rings. The molecule has 1 N–H and O–H groups in total. The van der Waals surface area contributed by atoms with Crippen LogP contribution in [0.25, 0.3) is 11.0 Å². The summed E-state index contributed by atoms with van der Waals surface area (Å²) in [6.07, 6.45) is 0.682. The van der Waals surface area contributed by atoms with E-state index in [0.29, 0.717) is 31.6 Å². The molecule has 1 aromatic heterocycles. The van der Waals surface area contributed by atoms with E-state index in [9.17, 15) is 18.0 Å². The number of benzene rings is 2. The molecular formula is C24H25F3N4O. The number of alkyl halides is 3. The van der Waals surface area contributed by atoms with E-state index >= 15 is 0 Å². The van der Waals surface area contributed by atoms with Crippen LogP contribution in [0.15, 0.2) is 54.7 Å². The Bertz CT molecular complexity index is 1090. The lowest BCUT2D eigenvalue weighted by Crippen LogP contribution is -2.30. The molecular weight excluding hydrogens is 417 g/mol. The SMILES string of the molecule is O=CC1(CCCNCc2cccc(C(F)(F)F)c2)CCN(c2cnc3ccccc3n2)C1. The van der Waals surface area contributed by atoms with E-state index in [1.807, 2.05) is 24.3 Å². The quantitative estimate of drug-likeness (QED) is 0.408. The molecule has 32 heavy (non-hydrogen) atoms. The first kappa shape index (κ1) is 22.2. The van der Waals surface area contributed by atoms with Gasteiger partial charge in [-0.25, -0.2) is 4.98 Å². The third kappa shape index (κ3) is 5.07. The number of aromatic nitrogens is 2. The van der Waals surface area contributed by atoms with Crippen molar-refractivity contribution in [2.45, 2.75) is 32.0 Å². The number of anilines is 1. The van der Waals surface area contributed by atoms with E-state index in [2.05, 4.69) is 20.2 Å². The van der Waals surface area contributed by atoms with Crippen molar-refractivity contribution in [3.8, 4) is 0 Å². The molecule has 0 saturated carbocycles. The van der Waals surface area contributed by atoms with Gasteiger partial charge in [0.05, 0.1) is 22.8 Å². The smallest absolute Gasteiger partial charge is 0.354 e. The average molecular weight is 442 g/mol. The summed E-state index contributed by atoms with van der Waals surface area (Å²) in [7, 11) is 0. The highest BCUT2D eigenvalue weighted by atomic mass is 19.4. The first-order chi connectivity index (χ1) is 15.4. The summed E-state index contributed by atoms with van der Waals surface area (Å²) >= 11 is 0. The highest BCUT2D eigenvalue weighted by Crippen LogP contribution is 2.35. The molecule has 0 amide bonds. The fraction of sp³-hybridized carbons (Fsp3) is 0.375. The molecule has 4 rings (SSSR count). The first-order valence-electron chi connectivity index (χ1n) is 10.7. The molecule has 2 heterocycles. The second kappa shape index (κ2) is 9.24. The lowest BCUT2D eigenvalue weighted by molar-refractivity contribution is -0.137. The third-order valence-electron chi connectivity index (χ3n) is 6.01. The van der Waals surface area contributed by atoms with Crippen molar-refractivity contribution in [1.82, 2.24) is 15.3 Å². The average Bonchev–Trinajstić information content (AvgIpc) is 3.23. The molecule has 1 fully saturated rings. The summed E-state index contributed by atoms with van der Waals surface area (Å²) in [6.45, 7) is 2.32. The number of carbonyl (C=O) groups excluding carboxylic acids is 1. The lowest BCUT2D eigenvalue weighted by atomic mass is 9.84. The molecule has 2 aromatic carbocycles. The van der Waals surface area contributed by atoms with Crippen LogP contribution in [0.3, 0.4) is 0 Å². The van der Waals surface area contributed by atoms with Crippen molar-refractivity contribution >= 4 is 23.1 Å². The van der Waals surface area contributed by atoms with Gasteiger partial charge in [-0.1, -0.05) is 30.3 Å². The van der Waals surface area contributed by atoms with Crippen LogP contribution in [-0.4, -0.2) is 35.9 Å². The molecule has 1 atom stereocenters. The van der Waals surface area contributed by atoms with E-state index in [4.69, 9.17) is 0 Å². The fourth-order valence-electron chi connectivity index (χ4n) is 4.21. The Balaban J connectivity index is 1.28. The van der Waals surface area contributed by atoms with Gasteiger partial charge in [-0.15, -0.1) is 0 Å². The van der Waals surface area contributed by atoms with Gasteiger partial charge < -0.3 is 15.0 Å². The van der Waals surface area contributed by atoms with Crippen molar-refractivity contribution in [1.29, 1.82) is 0 Å². The standard InChI is InChI=1S/C24H25F3N4O/c25-24(26,27)19-6-3-5-18(13-19)14-28-11-4-9-23(17-32)10-12-31(16-23)22-15-29-20-7-1-2-8-21(20)30-22/h1-3,5-8,13,15,17,28H,4,9-12,14,16H2. The first-order valence-corrected chi connectivity index (χ1v) is 10.7. The van der Waals surface area contributed by atoms with E-state index < -0.39 is 17.2 Å². The largest absolute Gasteiger partial charge is 0.416 e. The summed E-state index contributed by atoms with van der Waals surface area (Å²) in [4.78, 5) is 23.2. The molecule has 1 unspecified atom stereocenters. The van der Waals surface area contributed by atoms with Crippen LogP contribution in [0.4, 0.5) is 19.0 Å². The summed E-state index contributed by atoms with van der Waals surface area (Å²) < 4.78 is 38.5. The van der Waals surface area contributed by atoms with Crippen LogP contribution in [0, 0.1) is 5.41 Å². The van der Waals surface area contributed by atoms with Crippen molar-refractivity contribution in [2.75, 3.05) is 24.5 Å². The molecule has 0 bridgehead atoms.